The zero-order valence-electron chi connectivity index (χ0n) is 10.3. The summed E-state index contributed by atoms with van der Waals surface area (Å²) in [6.07, 6.45) is 5.40. The van der Waals surface area contributed by atoms with Gasteiger partial charge in [0.15, 0.2) is 0 Å². The van der Waals surface area contributed by atoms with Gasteiger partial charge in [-0.05, 0) is 38.4 Å². The first kappa shape index (κ1) is 11.7. The van der Waals surface area contributed by atoms with E-state index in [0.29, 0.717) is 12.2 Å². The van der Waals surface area contributed by atoms with Crippen LogP contribution < -0.4 is 5.32 Å². The lowest BCUT2D eigenvalue weighted by molar-refractivity contribution is 0.0454. The van der Waals surface area contributed by atoms with E-state index in [0.717, 1.165) is 19.6 Å². The molecular formula is C13H22N2O. The van der Waals surface area contributed by atoms with Gasteiger partial charge in [0.25, 0.3) is 0 Å². The second kappa shape index (κ2) is 5.51. The minimum atomic E-state index is 0.405. The summed E-state index contributed by atoms with van der Waals surface area (Å²) in [7, 11) is 0. The molecule has 0 aromatic carbocycles. The number of nitrogens with zero attached hydrogens (tertiary/aromatic N) is 1. The Bertz CT molecular complexity index is 321. The van der Waals surface area contributed by atoms with E-state index in [4.69, 9.17) is 4.74 Å². The average molecular weight is 222 g/mol. The monoisotopic (exact) mass is 222 g/mol. The van der Waals surface area contributed by atoms with Gasteiger partial charge in [0.05, 0.1) is 12.2 Å². The van der Waals surface area contributed by atoms with Crippen molar-refractivity contribution in [3.63, 3.8) is 0 Å². The molecule has 16 heavy (non-hydrogen) atoms. The molecule has 2 atom stereocenters. The molecule has 1 aromatic heterocycles. The van der Waals surface area contributed by atoms with Crippen molar-refractivity contribution in [1.82, 2.24) is 9.88 Å². The lowest BCUT2D eigenvalue weighted by atomic mass is 10.2. The van der Waals surface area contributed by atoms with Crippen molar-refractivity contribution in [1.29, 1.82) is 0 Å². The minimum absolute atomic E-state index is 0.405. The molecule has 0 spiro atoms. The number of ether oxygens (including phenoxy) is 1. The summed E-state index contributed by atoms with van der Waals surface area (Å²) in [4.78, 5) is 0. The van der Waals surface area contributed by atoms with Crippen LogP contribution in [0.3, 0.4) is 0 Å². The van der Waals surface area contributed by atoms with E-state index in [1.807, 2.05) is 0 Å². The summed E-state index contributed by atoms with van der Waals surface area (Å²) in [5, 5.41) is 3.36. The van der Waals surface area contributed by atoms with Gasteiger partial charge in [0.2, 0.25) is 0 Å². The second-order valence-electron chi connectivity index (χ2n) is 4.58. The Morgan fingerprint density at radius 2 is 2.38 bits per heavy atom. The molecule has 0 aliphatic carbocycles. The highest BCUT2D eigenvalue weighted by molar-refractivity contribution is 5.07. The molecule has 1 aromatic rings. The predicted octanol–water partition coefficient (Wildman–Crippen LogP) is 2.17. The number of hydrogen-bond acceptors (Lipinski definition) is 2. The van der Waals surface area contributed by atoms with Crippen molar-refractivity contribution in [2.45, 2.75) is 52.0 Å². The van der Waals surface area contributed by atoms with Crippen molar-refractivity contribution >= 4 is 0 Å². The number of aromatic nitrogens is 1. The molecular weight excluding hydrogens is 200 g/mol. The average Bonchev–Trinajstić information content (AvgIpc) is 2.86. The zero-order chi connectivity index (χ0) is 11.4. The number of hydrogen-bond donors (Lipinski definition) is 1. The van der Waals surface area contributed by atoms with Crippen LogP contribution in [0.5, 0.6) is 0 Å². The number of rotatable bonds is 5. The molecule has 1 saturated heterocycles. The molecule has 90 valence electrons. The summed E-state index contributed by atoms with van der Waals surface area (Å²) in [5.41, 5.74) is 1.35. The summed E-state index contributed by atoms with van der Waals surface area (Å²) < 4.78 is 8.16. The van der Waals surface area contributed by atoms with Gasteiger partial charge in [-0.1, -0.05) is 6.92 Å². The van der Waals surface area contributed by atoms with Gasteiger partial charge in [0, 0.05) is 25.0 Å². The van der Waals surface area contributed by atoms with Crippen molar-refractivity contribution in [2.75, 3.05) is 6.54 Å². The molecule has 0 saturated carbocycles. The van der Waals surface area contributed by atoms with Crippen LogP contribution in [-0.2, 0) is 17.8 Å². The van der Waals surface area contributed by atoms with E-state index in [1.54, 1.807) is 0 Å². The van der Waals surface area contributed by atoms with Crippen molar-refractivity contribution < 1.29 is 4.74 Å². The highest BCUT2D eigenvalue weighted by atomic mass is 16.5. The molecule has 0 radical (unpaired) electrons. The van der Waals surface area contributed by atoms with Crippen molar-refractivity contribution in [3.05, 3.63) is 24.0 Å². The lowest BCUT2D eigenvalue weighted by Crippen LogP contribution is -2.20. The molecule has 2 unspecified atom stereocenters. The highest BCUT2D eigenvalue weighted by Gasteiger charge is 2.22. The summed E-state index contributed by atoms with van der Waals surface area (Å²) in [6, 6.07) is 4.30. The molecule has 2 heterocycles. The van der Waals surface area contributed by atoms with E-state index < -0.39 is 0 Å². The van der Waals surface area contributed by atoms with E-state index in [1.165, 1.54) is 18.5 Å². The van der Waals surface area contributed by atoms with Crippen molar-refractivity contribution in [3.8, 4) is 0 Å². The molecule has 2 rings (SSSR count). The van der Waals surface area contributed by atoms with Gasteiger partial charge in [-0.15, -0.1) is 0 Å². The predicted molar refractivity (Wildman–Crippen MR) is 65.4 cm³/mol. The molecule has 3 nitrogen and oxygen atoms in total. The van der Waals surface area contributed by atoms with Crippen LogP contribution in [0.4, 0.5) is 0 Å². The maximum absolute atomic E-state index is 5.85. The standard InChI is InChI=1S/C13H22N2O/c1-3-14-9-12-5-4-8-15(12)10-13-7-6-11(2)16-13/h4-5,8,11,13-14H,3,6-7,9-10H2,1-2H3. The van der Waals surface area contributed by atoms with Crippen LogP contribution in [0, 0.1) is 0 Å². The lowest BCUT2D eigenvalue weighted by Gasteiger charge is -2.15. The Morgan fingerprint density at radius 1 is 1.50 bits per heavy atom. The Hall–Kier alpha value is -0.800. The van der Waals surface area contributed by atoms with Gasteiger partial charge in [-0.25, -0.2) is 0 Å². The Morgan fingerprint density at radius 3 is 3.06 bits per heavy atom. The third-order valence-electron chi connectivity index (χ3n) is 3.20. The molecule has 0 amide bonds. The van der Waals surface area contributed by atoms with Gasteiger partial charge < -0.3 is 14.6 Å². The maximum Gasteiger partial charge on any atom is 0.0758 e. The first-order valence-electron chi connectivity index (χ1n) is 6.29. The Kier molecular flexibility index (Phi) is 4.02. The Balaban J connectivity index is 1.90. The molecule has 0 bridgehead atoms. The van der Waals surface area contributed by atoms with Gasteiger partial charge in [0.1, 0.15) is 0 Å². The van der Waals surface area contributed by atoms with Crippen LogP contribution in [-0.4, -0.2) is 23.3 Å². The van der Waals surface area contributed by atoms with Gasteiger partial charge in [-0.2, -0.15) is 0 Å². The van der Waals surface area contributed by atoms with Crippen molar-refractivity contribution in [2.24, 2.45) is 0 Å². The smallest absolute Gasteiger partial charge is 0.0758 e. The molecule has 1 aliphatic heterocycles. The third-order valence-corrected chi connectivity index (χ3v) is 3.20. The summed E-state index contributed by atoms with van der Waals surface area (Å²) >= 11 is 0. The molecule has 3 heteroatoms. The highest BCUT2D eigenvalue weighted by Crippen LogP contribution is 2.21. The van der Waals surface area contributed by atoms with Gasteiger partial charge >= 0.3 is 0 Å². The van der Waals surface area contributed by atoms with Crippen LogP contribution in [0.15, 0.2) is 18.3 Å². The van der Waals surface area contributed by atoms with E-state index in [2.05, 4.69) is 42.1 Å². The Labute approximate surface area is 97.8 Å². The summed E-state index contributed by atoms with van der Waals surface area (Å²) in [6.45, 7) is 7.26. The fourth-order valence-corrected chi connectivity index (χ4v) is 2.28. The molecule has 1 N–H and O–H groups in total. The quantitative estimate of drug-likeness (QED) is 0.826. The second-order valence-corrected chi connectivity index (χ2v) is 4.58. The normalized spacial score (nSPS) is 25.1. The summed E-state index contributed by atoms with van der Waals surface area (Å²) in [5.74, 6) is 0. The van der Waals surface area contributed by atoms with Crippen LogP contribution in [0.1, 0.15) is 32.4 Å². The largest absolute Gasteiger partial charge is 0.373 e. The fraction of sp³-hybridized carbons (Fsp3) is 0.692. The van der Waals surface area contributed by atoms with Crippen LogP contribution in [0.25, 0.3) is 0 Å². The molecule has 1 aliphatic rings. The maximum atomic E-state index is 5.85. The van der Waals surface area contributed by atoms with Crippen LogP contribution in [0.2, 0.25) is 0 Å². The first-order chi connectivity index (χ1) is 7.79. The SMILES string of the molecule is CCNCc1cccn1CC1CCC(C)O1. The zero-order valence-corrected chi connectivity index (χ0v) is 10.3. The molecule has 1 fully saturated rings. The van der Waals surface area contributed by atoms with E-state index in [-0.39, 0.29) is 0 Å². The fourth-order valence-electron chi connectivity index (χ4n) is 2.28. The van der Waals surface area contributed by atoms with Gasteiger partial charge in [-0.3, -0.25) is 0 Å². The minimum Gasteiger partial charge on any atom is -0.373 e. The first-order valence-corrected chi connectivity index (χ1v) is 6.29. The van der Waals surface area contributed by atoms with Crippen LogP contribution >= 0.6 is 0 Å². The van der Waals surface area contributed by atoms with E-state index >= 15 is 0 Å². The van der Waals surface area contributed by atoms with E-state index in [9.17, 15) is 0 Å². The number of nitrogens with one attached hydrogen (secondary N) is 1. The third kappa shape index (κ3) is 2.86. The topological polar surface area (TPSA) is 26.2 Å².